The van der Waals surface area contributed by atoms with E-state index in [0.29, 0.717) is 11.1 Å². The van der Waals surface area contributed by atoms with Gasteiger partial charge in [-0.3, -0.25) is 14.4 Å². The summed E-state index contributed by atoms with van der Waals surface area (Å²) in [6.45, 7) is 3.59. The number of ether oxygens (including phenoxy) is 1. The van der Waals surface area contributed by atoms with E-state index in [1.165, 1.54) is 0 Å². The van der Waals surface area contributed by atoms with Crippen molar-refractivity contribution in [1.82, 2.24) is 0 Å². The Hall–Kier alpha value is -2.27. The minimum absolute atomic E-state index is 0.0423. The first-order chi connectivity index (χ1) is 11.9. The molecule has 0 aliphatic rings. The van der Waals surface area contributed by atoms with Gasteiger partial charge in [-0.05, 0) is 43.2 Å². The van der Waals surface area contributed by atoms with Crippen molar-refractivity contribution in [3.8, 4) is 0 Å². The van der Waals surface area contributed by atoms with E-state index in [9.17, 15) is 14.4 Å². The van der Waals surface area contributed by atoms with E-state index < -0.39 is 5.97 Å². The highest BCUT2D eigenvalue weighted by Crippen LogP contribution is 2.13. The molecule has 2 rings (SSSR count). The normalized spacial score (nSPS) is 10.4. The van der Waals surface area contributed by atoms with Gasteiger partial charge in [0.1, 0.15) is 0 Å². The number of carbonyl (C=O) groups is 3. The van der Waals surface area contributed by atoms with E-state index in [1.54, 1.807) is 30.3 Å². The molecular weight excluding hydrogens is 384 g/mol. The number of rotatable bonds is 7. The molecule has 4 nitrogen and oxygen atoms in total. The molecular formula is C20H19BrO4. The summed E-state index contributed by atoms with van der Waals surface area (Å²) >= 11 is 3.29. The third-order valence-corrected chi connectivity index (χ3v) is 4.44. The van der Waals surface area contributed by atoms with Gasteiger partial charge in [0.2, 0.25) is 0 Å². The van der Waals surface area contributed by atoms with Gasteiger partial charge in [0.25, 0.3) is 0 Å². The Balaban J connectivity index is 1.80. The lowest BCUT2D eigenvalue weighted by atomic mass is 10.0. The van der Waals surface area contributed by atoms with E-state index in [1.807, 2.05) is 26.0 Å². The summed E-state index contributed by atoms with van der Waals surface area (Å²) in [7, 11) is 0. The predicted molar refractivity (Wildman–Crippen MR) is 98.9 cm³/mol. The summed E-state index contributed by atoms with van der Waals surface area (Å²) in [5, 5.41) is 0. The zero-order valence-corrected chi connectivity index (χ0v) is 15.8. The first-order valence-corrected chi connectivity index (χ1v) is 8.71. The molecule has 0 bridgehead atoms. The molecule has 0 unspecified atom stereocenters. The number of Topliss-reactive ketones (excluding diaryl/α,β-unsaturated/α-hetero) is 2. The summed E-state index contributed by atoms with van der Waals surface area (Å²) in [6.07, 6.45) is 0.0210. The summed E-state index contributed by atoms with van der Waals surface area (Å²) in [5.41, 5.74) is 3.21. The summed E-state index contributed by atoms with van der Waals surface area (Å²) in [4.78, 5) is 35.8. The van der Waals surface area contributed by atoms with Crippen LogP contribution in [0.2, 0.25) is 0 Å². The maximum absolute atomic E-state index is 12.1. The molecule has 0 spiro atoms. The number of carbonyl (C=O) groups excluding carboxylic acids is 3. The average molecular weight is 403 g/mol. The minimum Gasteiger partial charge on any atom is -0.457 e. The molecule has 0 N–H and O–H groups in total. The van der Waals surface area contributed by atoms with Crippen LogP contribution in [-0.4, -0.2) is 24.1 Å². The van der Waals surface area contributed by atoms with Gasteiger partial charge < -0.3 is 4.74 Å². The smallest absolute Gasteiger partial charge is 0.306 e. The van der Waals surface area contributed by atoms with Crippen molar-refractivity contribution in [2.24, 2.45) is 0 Å². The first kappa shape index (κ1) is 19.1. The lowest BCUT2D eigenvalue weighted by Crippen LogP contribution is -2.15. The fourth-order valence-corrected chi connectivity index (χ4v) is 2.48. The third kappa shape index (κ3) is 5.64. The number of aryl methyl sites for hydroxylation is 2. The topological polar surface area (TPSA) is 60.4 Å². The van der Waals surface area contributed by atoms with E-state index >= 15 is 0 Å². The fraction of sp³-hybridized carbons (Fsp3) is 0.250. The molecule has 5 heteroatoms. The first-order valence-electron chi connectivity index (χ1n) is 7.91. The van der Waals surface area contributed by atoms with Crippen LogP contribution in [0.5, 0.6) is 0 Å². The molecule has 2 aromatic carbocycles. The maximum Gasteiger partial charge on any atom is 0.306 e. The SMILES string of the molecule is Cc1ccc(C(=O)CCC(=O)OCC(=O)c2ccc(Br)cc2)cc1C. The summed E-state index contributed by atoms with van der Waals surface area (Å²) in [5.74, 6) is -0.941. The van der Waals surface area contributed by atoms with Crippen molar-refractivity contribution in [2.45, 2.75) is 26.7 Å². The summed E-state index contributed by atoms with van der Waals surface area (Å²) in [6, 6.07) is 12.3. The molecule has 0 atom stereocenters. The number of benzene rings is 2. The van der Waals surface area contributed by atoms with Crippen molar-refractivity contribution in [3.63, 3.8) is 0 Å². The van der Waals surface area contributed by atoms with E-state index in [-0.39, 0.29) is 31.0 Å². The molecule has 0 saturated heterocycles. The molecule has 0 aliphatic carbocycles. The van der Waals surface area contributed by atoms with Gasteiger partial charge in [0, 0.05) is 22.0 Å². The highest BCUT2D eigenvalue weighted by atomic mass is 79.9. The van der Waals surface area contributed by atoms with Crippen LogP contribution in [0.25, 0.3) is 0 Å². The zero-order chi connectivity index (χ0) is 18.4. The number of ketones is 2. The van der Waals surface area contributed by atoms with Crippen LogP contribution in [0, 0.1) is 13.8 Å². The van der Waals surface area contributed by atoms with Gasteiger partial charge in [0.15, 0.2) is 18.2 Å². The van der Waals surface area contributed by atoms with Crippen LogP contribution in [0.15, 0.2) is 46.9 Å². The van der Waals surface area contributed by atoms with Crippen molar-refractivity contribution in [1.29, 1.82) is 0 Å². The standard InChI is InChI=1S/C20H19BrO4/c1-13-3-4-16(11-14(13)2)18(22)9-10-20(24)25-12-19(23)15-5-7-17(21)8-6-15/h3-8,11H,9-10,12H2,1-2H3. The Kier molecular flexibility index (Phi) is 6.65. The van der Waals surface area contributed by atoms with E-state index in [2.05, 4.69) is 15.9 Å². The molecule has 0 saturated carbocycles. The quantitative estimate of drug-likeness (QED) is 0.506. The van der Waals surface area contributed by atoms with Crippen molar-refractivity contribution in [2.75, 3.05) is 6.61 Å². The molecule has 0 heterocycles. The van der Waals surface area contributed by atoms with Crippen molar-refractivity contribution >= 4 is 33.5 Å². The van der Waals surface area contributed by atoms with E-state index in [4.69, 9.17) is 4.74 Å². The largest absolute Gasteiger partial charge is 0.457 e. The molecule has 0 aliphatic heterocycles. The van der Waals surface area contributed by atoms with Crippen LogP contribution in [0.1, 0.15) is 44.7 Å². The Bertz CT molecular complexity index is 794. The second kappa shape index (κ2) is 8.72. The molecule has 0 aromatic heterocycles. The Morgan fingerprint density at radius 2 is 1.48 bits per heavy atom. The average Bonchev–Trinajstić information content (AvgIpc) is 2.60. The number of hydrogen-bond acceptors (Lipinski definition) is 4. The van der Waals surface area contributed by atoms with Gasteiger partial charge in [-0.25, -0.2) is 0 Å². The fourth-order valence-electron chi connectivity index (χ4n) is 2.21. The Labute approximate surface area is 155 Å². The van der Waals surface area contributed by atoms with Gasteiger partial charge in [-0.2, -0.15) is 0 Å². The zero-order valence-electron chi connectivity index (χ0n) is 14.2. The number of hydrogen-bond donors (Lipinski definition) is 0. The number of halogens is 1. The lowest BCUT2D eigenvalue weighted by Gasteiger charge is -2.06. The van der Waals surface area contributed by atoms with Crippen molar-refractivity contribution < 1.29 is 19.1 Å². The molecule has 0 fully saturated rings. The van der Waals surface area contributed by atoms with Gasteiger partial charge in [-0.1, -0.05) is 40.2 Å². The van der Waals surface area contributed by atoms with Crippen LogP contribution in [0.3, 0.4) is 0 Å². The predicted octanol–water partition coefficient (Wildman–Crippen LogP) is 4.45. The minimum atomic E-state index is -0.553. The van der Waals surface area contributed by atoms with Crippen LogP contribution >= 0.6 is 15.9 Å². The van der Waals surface area contributed by atoms with Gasteiger partial charge in [-0.15, -0.1) is 0 Å². The maximum atomic E-state index is 12.1. The summed E-state index contributed by atoms with van der Waals surface area (Å²) < 4.78 is 5.83. The Morgan fingerprint density at radius 1 is 0.840 bits per heavy atom. The molecule has 25 heavy (non-hydrogen) atoms. The highest BCUT2D eigenvalue weighted by molar-refractivity contribution is 9.10. The molecule has 130 valence electrons. The Morgan fingerprint density at radius 3 is 2.12 bits per heavy atom. The second-order valence-electron chi connectivity index (χ2n) is 5.81. The molecule has 0 radical (unpaired) electrons. The van der Waals surface area contributed by atoms with Crippen LogP contribution in [0.4, 0.5) is 0 Å². The molecule has 2 aromatic rings. The van der Waals surface area contributed by atoms with Crippen LogP contribution in [-0.2, 0) is 9.53 Å². The molecule has 0 amide bonds. The van der Waals surface area contributed by atoms with Crippen molar-refractivity contribution in [3.05, 3.63) is 69.2 Å². The third-order valence-electron chi connectivity index (χ3n) is 3.92. The lowest BCUT2D eigenvalue weighted by molar-refractivity contribution is -0.142. The van der Waals surface area contributed by atoms with Crippen LogP contribution < -0.4 is 0 Å². The van der Waals surface area contributed by atoms with E-state index in [0.717, 1.165) is 15.6 Å². The van der Waals surface area contributed by atoms with Gasteiger partial charge >= 0.3 is 5.97 Å². The van der Waals surface area contributed by atoms with Gasteiger partial charge in [0.05, 0.1) is 6.42 Å². The number of esters is 1. The highest BCUT2D eigenvalue weighted by Gasteiger charge is 2.13. The second-order valence-corrected chi connectivity index (χ2v) is 6.73. The monoisotopic (exact) mass is 402 g/mol.